The van der Waals surface area contributed by atoms with Gasteiger partial charge in [-0.1, -0.05) is 0 Å². The van der Waals surface area contributed by atoms with E-state index < -0.39 is 29.1 Å². The number of anilines is 1. The van der Waals surface area contributed by atoms with Gasteiger partial charge in [-0.25, -0.2) is 13.6 Å². The molecule has 1 aromatic rings. The van der Waals surface area contributed by atoms with Crippen molar-refractivity contribution in [2.45, 2.75) is 32.2 Å². The molecule has 20 heavy (non-hydrogen) atoms. The van der Waals surface area contributed by atoms with Gasteiger partial charge in [-0.3, -0.25) is 4.79 Å². The number of carboxylic acids is 1. The van der Waals surface area contributed by atoms with Crippen molar-refractivity contribution in [3.05, 3.63) is 29.3 Å². The first kappa shape index (κ1) is 16.0. The quantitative estimate of drug-likeness (QED) is 0.746. The average molecular weight is 286 g/mol. The summed E-state index contributed by atoms with van der Waals surface area (Å²) in [5.41, 5.74) is 4.77. The van der Waals surface area contributed by atoms with E-state index in [1.54, 1.807) is 6.92 Å². The fourth-order valence-corrected chi connectivity index (χ4v) is 1.62. The van der Waals surface area contributed by atoms with Crippen molar-refractivity contribution in [3.8, 4) is 0 Å². The molecule has 0 radical (unpaired) electrons. The van der Waals surface area contributed by atoms with Crippen molar-refractivity contribution < 1.29 is 23.5 Å². The SMILES string of the molecule is CC(N)CCCC(=O)Nc1cc(F)c(F)cc1C(=O)O. The van der Waals surface area contributed by atoms with Crippen LogP contribution in [0.5, 0.6) is 0 Å². The minimum atomic E-state index is -1.45. The Hall–Kier alpha value is -2.02. The zero-order chi connectivity index (χ0) is 15.3. The summed E-state index contributed by atoms with van der Waals surface area (Å²) in [5, 5.41) is 11.2. The zero-order valence-electron chi connectivity index (χ0n) is 11.0. The van der Waals surface area contributed by atoms with Crippen molar-refractivity contribution in [3.63, 3.8) is 0 Å². The Kier molecular flexibility index (Phi) is 5.57. The van der Waals surface area contributed by atoms with E-state index in [9.17, 15) is 18.4 Å². The zero-order valence-corrected chi connectivity index (χ0v) is 11.0. The monoisotopic (exact) mass is 286 g/mol. The number of hydrogen-bond donors (Lipinski definition) is 3. The van der Waals surface area contributed by atoms with Gasteiger partial charge < -0.3 is 16.2 Å². The molecule has 110 valence electrons. The summed E-state index contributed by atoms with van der Waals surface area (Å²) in [5.74, 6) is -4.42. The molecule has 4 N–H and O–H groups in total. The number of benzene rings is 1. The van der Waals surface area contributed by atoms with E-state index in [0.29, 0.717) is 25.0 Å². The molecule has 0 saturated carbocycles. The molecular weight excluding hydrogens is 270 g/mol. The number of rotatable bonds is 6. The summed E-state index contributed by atoms with van der Waals surface area (Å²) in [4.78, 5) is 22.5. The summed E-state index contributed by atoms with van der Waals surface area (Å²) < 4.78 is 26.1. The molecule has 0 aliphatic rings. The van der Waals surface area contributed by atoms with E-state index in [1.807, 2.05) is 0 Å². The molecule has 0 aromatic heterocycles. The van der Waals surface area contributed by atoms with Crippen LogP contribution in [0.4, 0.5) is 14.5 Å². The Labute approximate surface area is 114 Å². The number of halogens is 2. The molecule has 0 fully saturated rings. The first-order chi connectivity index (χ1) is 9.31. The van der Waals surface area contributed by atoms with Crippen LogP contribution < -0.4 is 11.1 Å². The molecule has 0 aliphatic heterocycles. The lowest BCUT2D eigenvalue weighted by atomic mass is 10.1. The maximum absolute atomic E-state index is 13.1. The van der Waals surface area contributed by atoms with E-state index in [-0.39, 0.29) is 18.2 Å². The Morgan fingerprint density at radius 2 is 1.95 bits per heavy atom. The van der Waals surface area contributed by atoms with E-state index >= 15 is 0 Å². The number of carbonyl (C=O) groups is 2. The van der Waals surface area contributed by atoms with Crippen LogP contribution in [0.3, 0.4) is 0 Å². The van der Waals surface area contributed by atoms with Gasteiger partial charge >= 0.3 is 5.97 Å². The molecule has 1 aromatic carbocycles. The highest BCUT2D eigenvalue weighted by Crippen LogP contribution is 2.20. The van der Waals surface area contributed by atoms with Crippen molar-refractivity contribution in [2.24, 2.45) is 5.73 Å². The molecule has 5 nitrogen and oxygen atoms in total. The number of hydrogen-bond acceptors (Lipinski definition) is 3. The predicted octanol–water partition coefficient (Wildman–Crippen LogP) is 2.12. The Balaban J connectivity index is 2.78. The Morgan fingerprint density at radius 1 is 1.35 bits per heavy atom. The second-order valence-corrected chi connectivity index (χ2v) is 4.53. The van der Waals surface area contributed by atoms with Crippen LogP contribution in [0.25, 0.3) is 0 Å². The summed E-state index contributed by atoms with van der Waals surface area (Å²) >= 11 is 0. The maximum atomic E-state index is 13.1. The fourth-order valence-electron chi connectivity index (χ4n) is 1.62. The second kappa shape index (κ2) is 6.95. The van der Waals surface area contributed by atoms with Crippen LogP contribution in [-0.4, -0.2) is 23.0 Å². The minimum Gasteiger partial charge on any atom is -0.478 e. The largest absolute Gasteiger partial charge is 0.478 e. The summed E-state index contributed by atoms with van der Waals surface area (Å²) in [6.45, 7) is 1.80. The molecule has 1 atom stereocenters. The fraction of sp³-hybridized carbons (Fsp3) is 0.385. The first-order valence-corrected chi connectivity index (χ1v) is 6.09. The van der Waals surface area contributed by atoms with Crippen molar-refractivity contribution in [1.82, 2.24) is 0 Å². The van der Waals surface area contributed by atoms with Crippen molar-refractivity contribution in [1.29, 1.82) is 0 Å². The first-order valence-electron chi connectivity index (χ1n) is 6.09. The van der Waals surface area contributed by atoms with Crippen molar-refractivity contribution in [2.75, 3.05) is 5.32 Å². The number of nitrogens with two attached hydrogens (primary N) is 1. The summed E-state index contributed by atoms with van der Waals surface area (Å²) in [6, 6.07) is 1.15. The van der Waals surface area contributed by atoms with Gasteiger partial charge in [0.1, 0.15) is 0 Å². The number of nitrogens with one attached hydrogen (secondary N) is 1. The minimum absolute atomic E-state index is 0.0411. The van der Waals surface area contributed by atoms with Crippen LogP contribution in [0.1, 0.15) is 36.5 Å². The highest BCUT2D eigenvalue weighted by Gasteiger charge is 2.17. The topological polar surface area (TPSA) is 92.4 Å². The van der Waals surface area contributed by atoms with Gasteiger partial charge in [-0.05, 0) is 25.8 Å². The van der Waals surface area contributed by atoms with Gasteiger partial charge in [-0.15, -0.1) is 0 Å². The number of carbonyl (C=O) groups excluding carboxylic acids is 1. The lowest BCUT2D eigenvalue weighted by Gasteiger charge is -2.10. The van der Waals surface area contributed by atoms with Gasteiger partial charge in [0.25, 0.3) is 0 Å². The molecule has 1 unspecified atom stereocenters. The number of carboxylic acid groups (broad SMARTS) is 1. The van der Waals surface area contributed by atoms with E-state index in [2.05, 4.69) is 5.32 Å². The second-order valence-electron chi connectivity index (χ2n) is 4.53. The molecule has 0 saturated heterocycles. The molecule has 0 heterocycles. The molecule has 0 bridgehead atoms. The van der Waals surface area contributed by atoms with Crippen LogP contribution >= 0.6 is 0 Å². The van der Waals surface area contributed by atoms with E-state index in [1.165, 1.54) is 0 Å². The number of amides is 1. The maximum Gasteiger partial charge on any atom is 0.337 e. The molecule has 1 rings (SSSR count). The molecular formula is C13H16F2N2O3. The van der Waals surface area contributed by atoms with Crippen LogP contribution in [0.15, 0.2) is 12.1 Å². The molecule has 7 heteroatoms. The van der Waals surface area contributed by atoms with Gasteiger partial charge in [0.15, 0.2) is 11.6 Å². The van der Waals surface area contributed by atoms with Crippen LogP contribution in [0.2, 0.25) is 0 Å². The predicted molar refractivity (Wildman–Crippen MR) is 69.4 cm³/mol. The highest BCUT2D eigenvalue weighted by molar-refractivity contribution is 6.00. The van der Waals surface area contributed by atoms with Gasteiger partial charge in [0.05, 0.1) is 11.3 Å². The smallest absolute Gasteiger partial charge is 0.337 e. The highest BCUT2D eigenvalue weighted by atomic mass is 19.2. The third kappa shape index (κ3) is 4.58. The van der Waals surface area contributed by atoms with Crippen molar-refractivity contribution >= 4 is 17.6 Å². The van der Waals surface area contributed by atoms with Gasteiger partial charge in [0, 0.05) is 18.5 Å². The van der Waals surface area contributed by atoms with Crippen LogP contribution in [-0.2, 0) is 4.79 Å². The lowest BCUT2D eigenvalue weighted by molar-refractivity contribution is -0.116. The molecule has 0 spiro atoms. The Morgan fingerprint density at radius 3 is 2.50 bits per heavy atom. The summed E-state index contributed by atoms with van der Waals surface area (Å²) in [7, 11) is 0. The third-order valence-corrected chi connectivity index (χ3v) is 2.63. The molecule has 0 aliphatic carbocycles. The number of aromatic carboxylic acids is 1. The van der Waals surface area contributed by atoms with Gasteiger partial charge in [-0.2, -0.15) is 0 Å². The standard InChI is InChI=1S/C13H16F2N2O3/c1-7(16)3-2-4-12(18)17-11-6-10(15)9(14)5-8(11)13(19)20/h5-7H,2-4,16H2,1H3,(H,17,18)(H,19,20). The van der Waals surface area contributed by atoms with Gasteiger partial charge in [0.2, 0.25) is 5.91 Å². The van der Waals surface area contributed by atoms with Crippen LogP contribution in [0, 0.1) is 11.6 Å². The normalized spacial score (nSPS) is 12.0. The Bertz CT molecular complexity index is 519. The van der Waals surface area contributed by atoms with E-state index in [4.69, 9.17) is 10.8 Å². The third-order valence-electron chi connectivity index (χ3n) is 2.63. The average Bonchev–Trinajstić information content (AvgIpc) is 2.32. The summed E-state index contributed by atoms with van der Waals surface area (Å²) in [6.07, 6.45) is 1.28. The van der Waals surface area contributed by atoms with E-state index in [0.717, 1.165) is 0 Å². The molecule has 1 amide bonds. The lowest BCUT2D eigenvalue weighted by Crippen LogP contribution is -2.18.